The average molecular weight is 201 g/mol. The van der Waals surface area contributed by atoms with E-state index in [0.29, 0.717) is 0 Å². The van der Waals surface area contributed by atoms with Gasteiger partial charge in [-0.2, -0.15) is 0 Å². The van der Waals surface area contributed by atoms with Crippen LogP contribution in [0.2, 0.25) is 0 Å². The van der Waals surface area contributed by atoms with Crippen LogP contribution in [-0.4, -0.2) is 4.98 Å². The molecule has 0 spiro atoms. The summed E-state index contributed by atoms with van der Waals surface area (Å²) in [5.74, 6) is 0. The molecule has 0 saturated heterocycles. The number of pyridine rings is 1. The number of hydrogen-bond acceptors (Lipinski definition) is 1. The van der Waals surface area contributed by atoms with E-state index < -0.39 is 0 Å². The lowest BCUT2D eigenvalue weighted by Gasteiger charge is -2.05. The Kier molecular flexibility index (Phi) is 6.90. The molecule has 0 aliphatic heterocycles. The van der Waals surface area contributed by atoms with Gasteiger partial charge in [0.1, 0.15) is 0 Å². The fraction of sp³-hybridized carbons (Fsp3) is 0.214. The molecule has 0 bridgehead atoms. The van der Waals surface area contributed by atoms with Gasteiger partial charge in [0.05, 0.1) is 0 Å². The third-order valence-electron chi connectivity index (χ3n) is 1.74. The van der Waals surface area contributed by atoms with Gasteiger partial charge >= 0.3 is 0 Å². The lowest BCUT2D eigenvalue weighted by Crippen LogP contribution is -1.85. The largest absolute Gasteiger partial charge is 0.265 e. The second-order valence-electron chi connectivity index (χ2n) is 2.83. The highest BCUT2D eigenvalue weighted by Gasteiger charge is 1.99. The number of nitrogens with zero attached hydrogens (tertiary/aromatic N) is 1. The quantitative estimate of drug-likeness (QED) is 0.666. The fourth-order valence-electron chi connectivity index (χ4n) is 1.13. The van der Waals surface area contributed by atoms with Gasteiger partial charge in [0, 0.05) is 12.4 Å². The van der Waals surface area contributed by atoms with E-state index in [9.17, 15) is 0 Å². The minimum Gasteiger partial charge on any atom is -0.265 e. The Labute approximate surface area is 92.9 Å². The topological polar surface area (TPSA) is 12.9 Å². The third kappa shape index (κ3) is 4.41. The van der Waals surface area contributed by atoms with Crippen LogP contribution in [0.25, 0.3) is 5.57 Å². The van der Waals surface area contributed by atoms with E-state index in [1.54, 1.807) is 18.5 Å². The molecular weight excluding hydrogens is 182 g/mol. The van der Waals surface area contributed by atoms with Gasteiger partial charge in [0.15, 0.2) is 0 Å². The summed E-state index contributed by atoms with van der Waals surface area (Å²) in [7, 11) is 0. The molecule has 0 aliphatic rings. The van der Waals surface area contributed by atoms with Crippen LogP contribution in [0.1, 0.15) is 26.3 Å². The molecule has 0 aromatic carbocycles. The van der Waals surface area contributed by atoms with Crippen molar-refractivity contribution in [3.05, 3.63) is 61.0 Å². The van der Waals surface area contributed by atoms with E-state index in [2.05, 4.69) is 18.1 Å². The van der Waals surface area contributed by atoms with Gasteiger partial charge in [-0.05, 0) is 30.2 Å². The van der Waals surface area contributed by atoms with Crippen molar-refractivity contribution in [2.75, 3.05) is 0 Å². The average Bonchev–Trinajstić information content (AvgIpc) is 2.29. The van der Waals surface area contributed by atoms with Crippen molar-refractivity contribution < 1.29 is 0 Å². The van der Waals surface area contributed by atoms with Gasteiger partial charge in [0.25, 0.3) is 0 Å². The predicted octanol–water partition coefficient (Wildman–Crippen LogP) is 4.25. The molecule has 0 unspecified atom stereocenters. The zero-order chi connectivity index (χ0) is 11.7. The summed E-state index contributed by atoms with van der Waals surface area (Å²) in [5, 5.41) is 0. The molecule has 1 rings (SSSR count). The third-order valence-corrected chi connectivity index (χ3v) is 1.74. The highest BCUT2D eigenvalue weighted by Crippen LogP contribution is 2.20. The molecule has 0 fully saturated rings. The van der Waals surface area contributed by atoms with E-state index in [0.717, 1.165) is 16.7 Å². The second kappa shape index (κ2) is 7.74. The molecule has 0 saturated carbocycles. The van der Waals surface area contributed by atoms with Crippen molar-refractivity contribution in [2.24, 2.45) is 0 Å². The maximum Gasteiger partial charge on any atom is 0.0273 e. The predicted molar refractivity (Wildman–Crippen MR) is 68.6 cm³/mol. The van der Waals surface area contributed by atoms with Crippen molar-refractivity contribution in [1.29, 1.82) is 0 Å². The number of aromatic nitrogens is 1. The fourth-order valence-corrected chi connectivity index (χ4v) is 1.13. The molecule has 1 heteroatoms. The van der Waals surface area contributed by atoms with Crippen LogP contribution in [0.15, 0.2) is 55.4 Å². The summed E-state index contributed by atoms with van der Waals surface area (Å²) in [6.07, 6.45) is 7.27. The minimum absolute atomic E-state index is 1.03. The first-order valence-electron chi connectivity index (χ1n) is 5.14. The van der Waals surface area contributed by atoms with Crippen LogP contribution >= 0.6 is 0 Å². The molecule has 1 heterocycles. The van der Waals surface area contributed by atoms with Gasteiger partial charge in [-0.15, -0.1) is 0 Å². The highest BCUT2D eigenvalue weighted by molar-refractivity contribution is 5.78. The molecular formula is C14H19N. The van der Waals surface area contributed by atoms with E-state index in [1.807, 2.05) is 39.0 Å². The summed E-state index contributed by atoms with van der Waals surface area (Å²) >= 11 is 0. The zero-order valence-corrected chi connectivity index (χ0v) is 9.83. The Morgan fingerprint density at radius 2 is 1.80 bits per heavy atom. The first kappa shape index (κ1) is 13.4. The lowest BCUT2D eigenvalue weighted by molar-refractivity contribution is 1.31. The molecule has 0 atom stereocenters. The first-order valence-corrected chi connectivity index (χ1v) is 5.14. The van der Waals surface area contributed by atoms with Crippen molar-refractivity contribution in [3.63, 3.8) is 0 Å². The molecule has 15 heavy (non-hydrogen) atoms. The van der Waals surface area contributed by atoms with Crippen molar-refractivity contribution in [2.45, 2.75) is 20.8 Å². The molecule has 1 aromatic rings. The molecule has 0 aliphatic carbocycles. The van der Waals surface area contributed by atoms with Gasteiger partial charge in [-0.25, -0.2) is 0 Å². The van der Waals surface area contributed by atoms with E-state index in [-0.39, 0.29) is 0 Å². The SMILES string of the molecule is C=C/C=C(\C(=C)C)c1ccncc1.CC. The van der Waals surface area contributed by atoms with Gasteiger partial charge < -0.3 is 0 Å². The van der Waals surface area contributed by atoms with Crippen LogP contribution in [0.3, 0.4) is 0 Å². The Hall–Kier alpha value is -1.63. The van der Waals surface area contributed by atoms with Gasteiger partial charge in [0.2, 0.25) is 0 Å². The molecule has 80 valence electrons. The molecule has 0 N–H and O–H groups in total. The number of allylic oxidation sites excluding steroid dienone is 4. The maximum absolute atomic E-state index is 3.96. The molecule has 0 radical (unpaired) electrons. The molecule has 1 nitrogen and oxygen atoms in total. The van der Waals surface area contributed by atoms with E-state index in [4.69, 9.17) is 0 Å². The van der Waals surface area contributed by atoms with Crippen LogP contribution in [0.4, 0.5) is 0 Å². The molecule has 0 amide bonds. The Morgan fingerprint density at radius 1 is 1.27 bits per heavy atom. The van der Waals surface area contributed by atoms with Crippen LogP contribution in [-0.2, 0) is 0 Å². The van der Waals surface area contributed by atoms with Gasteiger partial charge in [-0.1, -0.05) is 44.7 Å². The summed E-state index contributed by atoms with van der Waals surface area (Å²) in [5.41, 5.74) is 3.27. The number of rotatable bonds is 3. The minimum atomic E-state index is 1.03. The van der Waals surface area contributed by atoms with Crippen molar-refractivity contribution >= 4 is 5.57 Å². The zero-order valence-electron chi connectivity index (χ0n) is 9.83. The maximum atomic E-state index is 3.96. The summed E-state index contributed by atoms with van der Waals surface area (Å²) in [6.45, 7) is 13.6. The smallest absolute Gasteiger partial charge is 0.0273 e. The van der Waals surface area contributed by atoms with Crippen LogP contribution in [0.5, 0.6) is 0 Å². The summed E-state index contributed by atoms with van der Waals surface area (Å²) in [6, 6.07) is 3.92. The summed E-state index contributed by atoms with van der Waals surface area (Å²) in [4.78, 5) is 3.96. The van der Waals surface area contributed by atoms with Gasteiger partial charge in [-0.3, -0.25) is 4.98 Å². The lowest BCUT2D eigenvalue weighted by atomic mass is 10.0. The normalized spacial score (nSPS) is 9.93. The number of hydrogen-bond donors (Lipinski definition) is 0. The Bertz CT molecular complexity index is 334. The van der Waals surface area contributed by atoms with E-state index in [1.165, 1.54) is 0 Å². The monoisotopic (exact) mass is 201 g/mol. The van der Waals surface area contributed by atoms with Crippen LogP contribution in [0, 0.1) is 0 Å². The van der Waals surface area contributed by atoms with Crippen molar-refractivity contribution in [1.82, 2.24) is 4.98 Å². The van der Waals surface area contributed by atoms with Crippen LogP contribution < -0.4 is 0 Å². The van der Waals surface area contributed by atoms with E-state index >= 15 is 0 Å². The standard InChI is InChI=1S/C12H13N.C2H6/c1-4-5-12(10(2)3)11-6-8-13-9-7-11;1-2/h4-9H,1-2H2,3H3;1-2H3/b12-5+;. The Balaban J connectivity index is 0.000000921. The Morgan fingerprint density at radius 3 is 2.20 bits per heavy atom. The summed E-state index contributed by atoms with van der Waals surface area (Å²) < 4.78 is 0. The highest BCUT2D eigenvalue weighted by atomic mass is 14.6. The van der Waals surface area contributed by atoms with Crippen molar-refractivity contribution in [3.8, 4) is 0 Å². The first-order chi connectivity index (χ1) is 7.25. The molecule has 1 aromatic heterocycles. The second-order valence-corrected chi connectivity index (χ2v) is 2.83.